The molecule has 5 heteroatoms. The van der Waals surface area contributed by atoms with Gasteiger partial charge < -0.3 is 9.47 Å². The Bertz CT molecular complexity index is 564. The SMILES string of the molecule is CCCOc1ccc(OCc2c(Br)c(C)nn2C)cc1. The molecule has 0 aliphatic rings. The molecule has 0 saturated heterocycles. The molecule has 108 valence electrons. The average Bonchev–Trinajstić information content (AvgIpc) is 2.69. The average molecular weight is 339 g/mol. The van der Waals surface area contributed by atoms with Gasteiger partial charge in [0.05, 0.1) is 22.5 Å². The van der Waals surface area contributed by atoms with Crippen molar-refractivity contribution < 1.29 is 9.47 Å². The molecule has 0 aliphatic carbocycles. The first-order valence-corrected chi connectivity index (χ1v) is 7.44. The van der Waals surface area contributed by atoms with Crippen LogP contribution in [0.25, 0.3) is 0 Å². The van der Waals surface area contributed by atoms with Crippen LogP contribution in [0.2, 0.25) is 0 Å². The van der Waals surface area contributed by atoms with Gasteiger partial charge in [0.15, 0.2) is 0 Å². The summed E-state index contributed by atoms with van der Waals surface area (Å²) in [7, 11) is 1.91. The fraction of sp³-hybridized carbons (Fsp3) is 0.400. The second-order valence-corrected chi connectivity index (χ2v) is 5.37. The molecule has 0 atom stereocenters. The van der Waals surface area contributed by atoms with Crippen molar-refractivity contribution in [3.05, 3.63) is 40.1 Å². The van der Waals surface area contributed by atoms with Crippen LogP contribution in [0.3, 0.4) is 0 Å². The highest BCUT2D eigenvalue weighted by Crippen LogP contribution is 2.23. The Morgan fingerprint density at radius 1 is 1.15 bits per heavy atom. The minimum atomic E-state index is 0.479. The molecule has 2 aromatic rings. The molecule has 4 nitrogen and oxygen atoms in total. The zero-order valence-electron chi connectivity index (χ0n) is 12.0. The summed E-state index contributed by atoms with van der Waals surface area (Å²) in [4.78, 5) is 0. The quantitative estimate of drug-likeness (QED) is 0.802. The first kappa shape index (κ1) is 14.9. The number of rotatable bonds is 6. The Labute approximate surface area is 127 Å². The molecular formula is C15H19BrN2O2. The van der Waals surface area contributed by atoms with E-state index in [0.717, 1.165) is 40.4 Å². The normalized spacial score (nSPS) is 10.6. The maximum atomic E-state index is 5.78. The van der Waals surface area contributed by atoms with Gasteiger partial charge in [0.25, 0.3) is 0 Å². The van der Waals surface area contributed by atoms with Gasteiger partial charge in [-0.3, -0.25) is 4.68 Å². The van der Waals surface area contributed by atoms with Crippen molar-refractivity contribution in [2.24, 2.45) is 7.05 Å². The Morgan fingerprint density at radius 2 is 1.75 bits per heavy atom. The molecule has 0 amide bonds. The summed E-state index contributed by atoms with van der Waals surface area (Å²) < 4.78 is 14.2. The van der Waals surface area contributed by atoms with Crippen LogP contribution < -0.4 is 9.47 Å². The highest BCUT2D eigenvalue weighted by molar-refractivity contribution is 9.10. The van der Waals surface area contributed by atoms with E-state index < -0.39 is 0 Å². The smallest absolute Gasteiger partial charge is 0.131 e. The van der Waals surface area contributed by atoms with Crippen LogP contribution in [0.5, 0.6) is 11.5 Å². The van der Waals surface area contributed by atoms with E-state index in [2.05, 4.69) is 28.0 Å². The summed E-state index contributed by atoms with van der Waals surface area (Å²) in [6.45, 7) is 5.27. The van der Waals surface area contributed by atoms with Crippen molar-refractivity contribution >= 4 is 15.9 Å². The van der Waals surface area contributed by atoms with E-state index in [1.165, 1.54) is 0 Å². The van der Waals surface area contributed by atoms with E-state index in [1.807, 2.05) is 42.9 Å². The van der Waals surface area contributed by atoms with Crippen LogP contribution in [0.4, 0.5) is 0 Å². The summed E-state index contributed by atoms with van der Waals surface area (Å²) in [6.07, 6.45) is 1.01. The molecule has 0 fully saturated rings. The van der Waals surface area contributed by atoms with Gasteiger partial charge in [-0.25, -0.2) is 0 Å². The molecule has 0 saturated carbocycles. The second kappa shape index (κ2) is 6.79. The Balaban J connectivity index is 1.97. The highest BCUT2D eigenvalue weighted by Gasteiger charge is 2.11. The van der Waals surface area contributed by atoms with E-state index in [0.29, 0.717) is 6.61 Å². The summed E-state index contributed by atoms with van der Waals surface area (Å²) in [5, 5.41) is 4.34. The number of halogens is 1. The molecule has 0 bridgehead atoms. The van der Waals surface area contributed by atoms with E-state index in [-0.39, 0.29) is 0 Å². The molecule has 0 spiro atoms. The third-order valence-electron chi connectivity index (χ3n) is 2.93. The predicted octanol–water partition coefficient (Wildman–Crippen LogP) is 3.86. The molecule has 0 radical (unpaired) electrons. The Kier molecular flexibility index (Phi) is 5.06. The van der Waals surface area contributed by atoms with Crippen molar-refractivity contribution in [2.45, 2.75) is 26.9 Å². The predicted molar refractivity (Wildman–Crippen MR) is 82.2 cm³/mol. The Morgan fingerprint density at radius 3 is 2.25 bits per heavy atom. The fourth-order valence-electron chi connectivity index (χ4n) is 1.84. The lowest BCUT2D eigenvalue weighted by molar-refractivity contribution is 0.291. The van der Waals surface area contributed by atoms with Gasteiger partial charge in [-0.1, -0.05) is 6.92 Å². The summed E-state index contributed by atoms with van der Waals surface area (Å²) in [5.41, 5.74) is 1.99. The number of hydrogen-bond acceptors (Lipinski definition) is 3. The molecule has 1 aromatic carbocycles. The molecule has 2 rings (SSSR count). The number of aromatic nitrogens is 2. The zero-order valence-corrected chi connectivity index (χ0v) is 13.6. The van der Waals surface area contributed by atoms with Crippen molar-refractivity contribution in [2.75, 3.05) is 6.61 Å². The summed E-state index contributed by atoms with van der Waals surface area (Å²) in [5.74, 6) is 1.69. The van der Waals surface area contributed by atoms with Crippen LogP contribution in [-0.2, 0) is 13.7 Å². The van der Waals surface area contributed by atoms with Crippen molar-refractivity contribution in [3.8, 4) is 11.5 Å². The molecule has 0 unspecified atom stereocenters. The molecule has 1 aromatic heterocycles. The standard InChI is InChI=1S/C15H19BrN2O2/c1-4-9-19-12-5-7-13(8-6-12)20-10-14-15(16)11(2)17-18(14)3/h5-8H,4,9-10H2,1-3H3. The minimum Gasteiger partial charge on any atom is -0.494 e. The highest BCUT2D eigenvalue weighted by atomic mass is 79.9. The Hall–Kier alpha value is -1.49. The third-order valence-corrected chi connectivity index (χ3v) is 3.97. The monoisotopic (exact) mass is 338 g/mol. The first-order valence-electron chi connectivity index (χ1n) is 6.65. The number of benzene rings is 1. The molecule has 1 heterocycles. The van der Waals surface area contributed by atoms with Crippen molar-refractivity contribution in [1.29, 1.82) is 0 Å². The van der Waals surface area contributed by atoms with E-state index in [4.69, 9.17) is 9.47 Å². The van der Waals surface area contributed by atoms with E-state index >= 15 is 0 Å². The van der Waals surface area contributed by atoms with Crippen LogP contribution in [-0.4, -0.2) is 16.4 Å². The zero-order chi connectivity index (χ0) is 14.5. The van der Waals surface area contributed by atoms with Crippen LogP contribution in [0.15, 0.2) is 28.7 Å². The van der Waals surface area contributed by atoms with Gasteiger partial charge in [0.1, 0.15) is 18.1 Å². The van der Waals surface area contributed by atoms with Crippen LogP contribution in [0.1, 0.15) is 24.7 Å². The fourth-order valence-corrected chi connectivity index (χ4v) is 2.29. The maximum Gasteiger partial charge on any atom is 0.131 e. The van der Waals surface area contributed by atoms with Gasteiger partial charge in [0.2, 0.25) is 0 Å². The number of aryl methyl sites for hydroxylation is 2. The topological polar surface area (TPSA) is 36.3 Å². The van der Waals surface area contributed by atoms with Crippen molar-refractivity contribution in [3.63, 3.8) is 0 Å². The van der Waals surface area contributed by atoms with Gasteiger partial charge >= 0.3 is 0 Å². The molecule has 20 heavy (non-hydrogen) atoms. The minimum absolute atomic E-state index is 0.479. The second-order valence-electron chi connectivity index (χ2n) is 4.58. The first-order chi connectivity index (χ1) is 9.61. The largest absolute Gasteiger partial charge is 0.494 e. The van der Waals surface area contributed by atoms with Gasteiger partial charge in [0, 0.05) is 7.05 Å². The van der Waals surface area contributed by atoms with Crippen LogP contribution in [0, 0.1) is 6.92 Å². The molecular weight excluding hydrogens is 320 g/mol. The van der Waals surface area contributed by atoms with Gasteiger partial charge in [-0.2, -0.15) is 5.10 Å². The van der Waals surface area contributed by atoms with Crippen LogP contribution >= 0.6 is 15.9 Å². The number of hydrogen-bond donors (Lipinski definition) is 0. The lowest BCUT2D eigenvalue weighted by Gasteiger charge is -2.09. The van der Waals surface area contributed by atoms with E-state index in [9.17, 15) is 0 Å². The number of ether oxygens (including phenoxy) is 2. The molecule has 0 N–H and O–H groups in total. The summed E-state index contributed by atoms with van der Waals surface area (Å²) in [6, 6.07) is 7.69. The van der Waals surface area contributed by atoms with E-state index in [1.54, 1.807) is 0 Å². The maximum absolute atomic E-state index is 5.78. The van der Waals surface area contributed by atoms with Gasteiger partial charge in [-0.05, 0) is 53.5 Å². The number of nitrogens with zero attached hydrogens (tertiary/aromatic N) is 2. The lowest BCUT2D eigenvalue weighted by Crippen LogP contribution is -2.03. The molecule has 0 aliphatic heterocycles. The van der Waals surface area contributed by atoms with Crippen molar-refractivity contribution in [1.82, 2.24) is 9.78 Å². The summed E-state index contributed by atoms with van der Waals surface area (Å²) >= 11 is 3.53. The van der Waals surface area contributed by atoms with Gasteiger partial charge in [-0.15, -0.1) is 0 Å². The third kappa shape index (κ3) is 3.54. The lowest BCUT2D eigenvalue weighted by atomic mass is 10.3.